The lowest BCUT2D eigenvalue weighted by molar-refractivity contribution is 0.798. The highest BCUT2D eigenvalue weighted by atomic mass is 79.9. The van der Waals surface area contributed by atoms with Gasteiger partial charge in [0.25, 0.3) is 5.56 Å². The molecule has 2 aromatic rings. The summed E-state index contributed by atoms with van der Waals surface area (Å²) in [5.41, 5.74) is 0.956. The van der Waals surface area contributed by atoms with E-state index in [1.165, 1.54) is 10.9 Å². The van der Waals surface area contributed by atoms with Crippen LogP contribution in [0.3, 0.4) is 0 Å². The molecule has 2 rings (SSSR count). The van der Waals surface area contributed by atoms with Crippen LogP contribution in [-0.4, -0.2) is 14.8 Å². The van der Waals surface area contributed by atoms with Crippen molar-refractivity contribution in [2.75, 3.05) is 0 Å². The topological polar surface area (TPSA) is 47.8 Å². The van der Waals surface area contributed by atoms with Crippen molar-refractivity contribution >= 4 is 39.1 Å². The van der Waals surface area contributed by atoms with E-state index < -0.39 is 5.56 Å². The Balaban J connectivity index is 2.73. The van der Waals surface area contributed by atoms with Crippen molar-refractivity contribution in [1.82, 2.24) is 14.8 Å². The molecule has 0 atom stereocenters. The highest BCUT2D eigenvalue weighted by molar-refractivity contribution is 9.10. The first-order valence-electron chi connectivity index (χ1n) is 4.56. The van der Waals surface area contributed by atoms with Gasteiger partial charge in [0.05, 0.1) is 16.9 Å². The molecule has 17 heavy (non-hydrogen) atoms. The maximum absolute atomic E-state index is 11.9. The minimum Gasteiger partial charge on any atom is -0.266 e. The SMILES string of the molecule is Cc1cnc(Br)cc1-n1ncc(Cl)c(Cl)c1=O. The molecule has 88 valence electrons. The summed E-state index contributed by atoms with van der Waals surface area (Å²) in [7, 11) is 0. The predicted molar refractivity (Wildman–Crippen MR) is 70.1 cm³/mol. The van der Waals surface area contributed by atoms with Gasteiger partial charge >= 0.3 is 0 Å². The Morgan fingerprint density at radius 1 is 1.35 bits per heavy atom. The minimum atomic E-state index is -0.458. The molecule has 0 aliphatic carbocycles. The summed E-state index contributed by atoms with van der Waals surface area (Å²) in [6.07, 6.45) is 2.97. The summed E-state index contributed by atoms with van der Waals surface area (Å²) in [4.78, 5) is 16.0. The van der Waals surface area contributed by atoms with Gasteiger partial charge in [-0.15, -0.1) is 0 Å². The zero-order valence-electron chi connectivity index (χ0n) is 8.62. The normalized spacial score (nSPS) is 10.6. The van der Waals surface area contributed by atoms with E-state index in [1.54, 1.807) is 12.3 Å². The lowest BCUT2D eigenvalue weighted by atomic mass is 10.2. The summed E-state index contributed by atoms with van der Waals surface area (Å²) < 4.78 is 1.80. The summed E-state index contributed by atoms with van der Waals surface area (Å²) in [6.45, 7) is 1.82. The number of nitrogens with zero attached hydrogens (tertiary/aromatic N) is 3. The van der Waals surface area contributed by atoms with E-state index in [0.29, 0.717) is 10.3 Å². The van der Waals surface area contributed by atoms with Crippen LogP contribution in [0.4, 0.5) is 0 Å². The van der Waals surface area contributed by atoms with Crippen molar-refractivity contribution in [3.05, 3.63) is 49.0 Å². The van der Waals surface area contributed by atoms with Gasteiger partial charge in [0.2, 0.25) is 0 Å². The van der Waals surface area contributed by atoms with E-state index in [9.17, 15) is 4.79 Å². The Hall–Kier alpha value is -0.910. The molecule has 0 unspecified atom stereocenters. The molecule has 0 amide bonds. The molecule has 4 nitrogen and oxygen atoms in total. The fraction of sp³-hybridized carbons (Fsp3) is 0.100. The molecule has 0 spiro atoms. The van der Waals surface area contributed by atoms with Crippen LogP contribution in [0.25, 0.3) is 5.69 Å². The summed E-state index contributed by atoms with van der Waals surface area (Å²) in [5.74, 6) is 0. The molecule has 0 saturated carbocycles. The zero-order valence-corrected chi connectivity index (χ0v) is 11.7. The Morgan fingerprint density at radius 2 is 2.06 bits per heavy atom. The van der Waals surface area contributed by atoms with Crippen molar-refractivity contribution in [1.29, 1.82) is 0 Å². The Kier molecular flexibility index (Phi) is 3.51. The lowest BCUT2D eigenvalue weighted by Gasteiger charge is -2.08. The molecule has 0 aliphatic rings. The van der Waals surface area contributed by atoms with Gasteiger partial charge < -0.3 is 0 Å². The Labute approximate surface area is 115 Å². The zero-order chi connectivity index (χ0) is 12.6. The van der Waals surface area contributed by atoms with E-state index in [-0.39, 0.29) is 10.0 Å². The average Bonchev–Trinajstić information content (AvgIpc) is 2.30. The second-order valence-corrected chi connectivity index (χ2v) is 4.91. The first kappa shape index (κ1) is 12.5. The predicted octanol–water partition coefficient (Wildman–Crippen LogP) is 3.01. The van der Waals surface area contributed by atoms with Crippen LogP contribution < -0.4 is 5.56 Å². The molecule has 7 heteroatoms. The largest absolute Gasteiger partial charge is 0.291 e. The quantitative estimate of drug-likeness (QED) is 0.753. The molecule has 0 aromatic carbocycles. The number of aryl methyl sites for hydroxylation is 1. The van der Waals surface area contributed by atoms with Crippen molar-refractivity contribution in [3.8, 4) is 5.69 Å². The van der Waals surface area contributed by atoms with Gasteiger partial charge in [-0.3, -0.25) is 4.79 Å². The molecular formula is C10H6BrCl2N3O. The van der Waals surface area contributed by atoms with E-state index in [2.05, 4.69) is 26.0 Å². The van der Waals surface area contributed by atoms with E-state index in [0.717, 1.165) is 5.56 Å². The third kappa shape index (κ3) is 2.36. The smallest absolute Gasteiger partial charge is 0.266 e. The standard InChI is InChI=1S/C10H6BrCl2N3O/c1-5-3-14-8(11)2-7(5)16-10(17)9(13)6(12)4-15-16/h2-4H,1H3. The molecular weight excluding hydrogens is 329 g/mol. The van der Waals surface area contributed by atoms with Crippen molar-refractivity contribution in [2.24, 2.45) is 0 Å². The maximum atomic E-state index is 11.9. The van der Waals surface area contributed by atoms with Gasteiger partial charge in [-0.05, 0) is 34.5 Å². The van der Waals surface area contributed by atoms with Crippen molar-refractivity contribution in [2.45, 2.75) is 6.92 Å². The monoisotopic (exact) mass is 333 g/mol. The second kappa shape index (κ2) is 4.76. The van der Waals surface area contributed by atoms with Crippen LogP contribution in [-0.2, 0) is 0 Å². The molecule has 0 fully saturated rings. The van der Waals surface area contributed by atoms with Gasteiger partial charge in [0.1, 0.15) is 9.63 Å². The maximum Gasteiger partial charge on any atom is 0.291 e. The Morgan fingerprint density at radius 3 is 2.76 bits per heavy atom. The average molecular weight is 335 g/mol. The molecule has 0 N–H and O–H groups in total. The van der Waals surface area contributed by atoms with Crippen LogP contribution in [0.2, 0.25) is 10.0 Å². The summed E-state index contributed by atoms with van der Waals surface area (Å²) in [5, 5.41) is 4.04. The van der Waals surface area contributed by atoms with E-state index in [1.807, 2.05) is 6.92 Å². The van der Waals surface area contributed by atoms with Gasteiger partial charge in [-0.2, -0.15) is 9.78 Å². The van der Waals surface area contributed by atoms with Crippen LogP contribution in [0.5, 0.6) is 0 Å². The van der Waals surface area contributed by atoms with Crippen LogP contribution in [0.1, 0.15) is 5.56 Å². The molecule has 2 heterocycles. The molecule has 2 aromatic heterocycles. The van der Waals surface area contributed by atoms with Crippen LogP contribution >= 0.6 is 39.1 Å². The first-order valence-corrected chi connectivity index (χ1v) is 6.11. The van der Waals surface area contributed by atoms with E-state index >= 15 is 0 Å². The lowest BCUT2D eigenvalue weighted by Crippen LogP contribution is -2.22. The van der Waals surface area contributed by atoms with Crippen molar-refractivity contribution < 1.29 is 0 Å². The molecule has 0 radical (unpaired) electrons. The number of pyridine rings is 1. The van der Waals surface area contributed by atoms with Crippen molar-refractivity contribution in [3.63, 3.8) is 0 Å². The highest BCUT2D eigenvalue weighted by Gasteiger charge is 2.11. The van der Waals surface area contributed by atoms with Crippen LogP contribution in [0.15, 0.2) is 27.9 Å². The Bertz CT molecular complexity index is 642. The number of hydrogen-bond donors (Lipinski definition) is 0. The fourth-order valence-corrected chi connectivity index (χ4v) is 1.87. The minimum absolute atomic E-state index is 0.0472. The van der Waals surface area contributed by atoms with Gasteiger partial charge in [-0.1, -0.05) is 23.2 Å². The summed E-state index contributed by atoms with van der Waals surface area (Å²) >= 11 is 14.7. The number of hydrogen-bond acceptors (Lipinski definition) is 3. The fourth-order valence-electron chi connectivity index (χ4n) is 1.30. The van der Waals surface area contributed by atoms with Gasteiger partial charge in [0, 0.05) is 6.20 Å². The third-order valence-electron chi connectivity index (χ3n) is 2.15. The number of aromatic nitrogens is 3. The van der Waals surface area contributed by atoms with Gasteiger partial charge in [-0.25, -0.2) is 4.98 Å². The number of rotatable bonds is 1. The number of halogens is 3. The second-order valence-electron chi connectivity index (χ2n) is 3.32. The first-order chi connectivity index (χ1) is 8.00. The van der Waals surface area contributed by atoms with Gasteiger partial charge in [0.15, 0.2) is 0 Å². The highest BCUT2D eigenvalue weighted by Crippen LogP contribution is 2.19. The molecule has 0 bridgehead atoms. The third-order valence-corrected chi connectivity index (χ3v) is 3.33. The van der Waals surface area contributed by atoms with E-state index in [4.69, 9.17) is 23.2 Å². The summed E-state index contributed by atoms with van der Waals surface area (Å²) in [6, 6.07) is 1.69. The van der Waals surface area contributed by atoms with Crippen LogP contribution in [0, 0.1) is 6.92 Å². The molecule has 0 aliphatic heterocycles. The molecule has 0 saturated heterocycles.